The van der Waals surface area contributed by atoms with Crippen LogP contribution in [0.5, 0.6) is 0 Å². The van der Waals surface area contributed by atoms with Gasteiger partial charge in [-0.3, -0.25) is 4.99 Å². The molecule has 27 heavy (non-hydrogen) atoms. The van der Waals surface area contributed by atoms with Crippen LogP contribution >= 0.6 is 47.2 Å². The molecule has 0 spiro atoms. The average Bonchev–Trinajstić information content (AvgIpc) is 3.13. The smallest absolute Gasteiger partial charge is 0.246 e. The third-order valence-corrected chi connectivity index (χ3v) is 4.08. The molecule has 0 aliphatic rings. The van der Waals surface area contributed by atoms with Crippen LogP contribution in [0.15, 0.2) is 58.0 Å². The number of hydrogen-bond acceptors (Lipinski definition) is 4. The minimum absolute atomic E-state index is 0. The number of benzene rings is 2. The van der Waals surface area contributed by atoms with E-state index in [0.29, 0.717) is 40.8 Å². The summed E-state index contributed by atoms with van der Waals surface area (Å²) in [6.07, 6.45) is 0. The fraction of sp³-hybridized carbons (Fsp3) is 0.167. The van der Waals surface area contributed by atoms with E-state index in [1.165, 1.54) is 0 Å². The maximum absolute atomic E-state index is 5.89. The number of rotatable bonds is 5. The van der Waals surface area contributed by atoms with E-state index >= 15 is 0 Å². The molecule has 0 amide bonds. The highest BCUT2D eigenvalue weighted by atomic mass is 127. The Bertz CT molecular complexity index is 882. The molecule has 3 rings (SSSR count). The van der Waals surface area contributed by atoms with Crippen molar-refractivity contribution in [3.8, 4) is 11.4 Å². The average molecular weight is 518 g/mol. The van der Waals surface area contributed by atoms with Crippen LogP contribution in [0.4, 0.5) is 0 Å². The summed E-state index contributed by atoms with van der Waals surface area (Å²) in [4.78, 5) is 8.54. The largest absolute Gasteiger partial charge is 0.352 e. The molecular weight excluding hydrogens is 500 g/mol. The lowest BCUT2D eigenvalue weighted by atomic mass is 10.2. The number of halogens is 3. The van der Waals surface area contributed by atoms with Gasteiger partial charge in [-0.25, -0.2) is 0 Å². The third kappa shape index (κ3) is 6.37. The summed E-state index contributed by atoms with van der Waals surface area (Å²) in [7, 11) is 1.70. The second-order valence-electron chi connectivity index (χ2n) is 5.42. The van der Waals surface area contributed by atoms with Gasteiger partial charge >= 0.3 is 0 Å². The third-order valence-electron chi connectivity index (χ3n) is 3.57. The molecule has 0 unspecified atom stereocenters. The van der Waals surface area contributed by atoms with E-state index in [1.807, 2.05) is 36.4 Å². The van der Waals surface area contributed by atoms with Gasteiger partial charge < -0.3 is 15.2 Å². The van der Waals surface area contributed by atoms with Crippen molar-refractivity contribution in [3.05, 3.63) is 70.0 Å². The molecule has 0 saturated heterocycles. The van der Waals surface area contributed by atoms with Crippen molar-refractivity contribution in [1.82, 2.24) is 20.8 Å². The zero-order valence-electron chi connectivity index (χ0n) is 14.4. The minimum atomic E-state index is 0. The van der Waals surface area contributed by atoms with Crippen molar-refractivity contribution >= 4 is 53.1 Å². The van der Waals surface area contributed by atoms with E-state index in [9.17, 15) is 0 Å². The topological polar surface area (TPSA) is 75.3 Å². The maximum atomic E-state index is 5.89. The highest BCUT2D eigenvalue weighted by molar-refractivity contribution is 14.0. The van der Waals surface area contributed by atoms with E-state index in [1.54, 1.807) is 19.2 Å². The van der Waals surface area contributed by atoms with Crippen LogP contribution in [0.3, 0.4) is 0 Å². The molecule has 3 aromatic rings. The van der Waals surface area contributed by atoms with Gasteiger partial charge in [-0.2, -0.15) is 4.98 Å². The minimum Gasteiger partial charge on any atom is -0.352 e. The Balaban J connectivity index is 0.00000261. The number of aromatic nitrogens is 2. The molecule has 9 heteroatoms. The van der Waals surface area contributed by atoms with Gasteiger partial charge in [-0.1, -0.05) is 40.5 Å². The van der Waals surface area contributed by atoms with Gasteiger partial charge in [-0.05, 0) is 42.0 Å². The molecule has 0 saturated carbocycles. The number of guanidine groups is 1. The molecule has 1 aromatic heterocycles. The molecule has 0 aliphatic carbocycles. The first-order valence-corrected chi connectivity index (χ1v) is 8.67. The van der Waals surface area contributed by atoms with Crippen LogP contribution < -0.4 is 10.6 Å². The maximum Gasteiger partial charge on any atom is 0.246 e. The first-order chi connectivity index (χ1) is 12.6. The second kappa shape index (κ2) is 10.5. The van der Waals surface area contributed by atoms with Crippen molar-refractivity contribution in [1.29, 1.82) is 0 Å². The molecular formula is C18H18Cl2IN5O. The Kier molecular flexibility index (Phi) is 8.33. The van der Waals surface area contributed by atoms with Crippen molar-refractivity contribution in [2.24, 2.45) is 4.99 Å². The lowest BCUT2D eigenvalue weighted by molar-refractivity contribution is 0.375. The Labute approximate surface area is 184 Å². The first kappa shape index (κ1) is 21.5. The predicted molar refractivity (Wildman–Crippen MR) is 119 cm³/mol. The summed E-state index contributed by atoms with van der Waals surface area (Å²) in [6, 6.07) is 14.9. The summed E-state index contributed by atoms with van der Waals surface area (Å²) in [5, 5.41) is 11.7. The van der Waals surface area contributed by atoms with Crippen molar-refractivity contribution < 1.29 is 4.52 Å². The van der Waals surface area contributed by atoms with Crippen LogP contribution in [-0.2, 0) is 13.1 Å². The first-order valence-electron chi connectivity index (χ1n) is 7.91. The molecule has 2 aromatic carbocycles. The van der Waals surface area contributed by atoms with Crippen LogP contribution in [0.2, 0.25) is 10.0 Å². The molecule has 0 radical (unpaired) electrons. The van der Waals surface area contributed by atoms with Gasteiger partial charge in [0.15, 0.2) is 5.96 Å². The Morgan fingerprint density at radius 3 is 2.19 bits per heavy atom. The summed E-state index contributed by atoms with van der Waals surface area (Å²) in [5.41, 5.74) is 1.94. The number of nitrogens with zero attached hydrogens (tertiary/aromatic N) is 3. The van der Waals surface area contributed by atoms with Crippen LogP contribution in [-0.4, -0.2) is 23.1 Å². The predicted octanol–water partition coefficient (Wildman–Crippen LogP) is 4.53. The number of aliphatic imine (C=N–C) groups is 1. The van der Waals surface area contributed by atoms with E-state index in [-0.39, 0.29) is 24.0 Å². The highest BCUT2D eigenvalue weighted by Gasteiger charge is 2.09. The monoisotopic (exact) mass is 517 g/mol. The van der Waals surface area contributed by atoms with Gasteiger partial charge in [-0.15, -0.1) is 24.0 Å². The highest BCUT2D eigenvalue weighted by Crippen LogP contribution is 2.18. The van der Waals surface area contributed by atoms with Crippen molar-refractivity contribution in [2.75, 3.05) is 7.05 Å². The quantitative estimate of drug-likeness (QED) is 0.295. The second-order valence-corrected chi connectivity index (χ2v) is 6.30. The molecule has 2 N–H and O–H groups in total. The van der Waals surface area contributed by atoms with E-state index in [4.69, 9.17) is 27.7 Å². The van der Waals surface area contributed by atoms with Crippen LogP contribution in [0, 0.1) is 0 Å². The van der Waals surface area contributed by atoms with Crippen LogP contribution in [0.25, 0.3) is 11.4 Å². The fourth-order valence-electron chi connectivity index (χ4n) is 2.21. The van der Waals surface area contributed by atoms with Crippen LogP contribution in [0.1, 0.15) is 11.5 Å². The fourth-order valence-corrected chi connectivity index (χ4v) is 2.46. The lowest BCUT2D eigenvalue weighted by Crippen LogP contribution is -2.36. The van der Waals surface area contributed by atoms with Gasteiger partial charge in [0, 0.05) is 29.2 Å². The summed E-state index contributed by atoms with van der Waals surface area (Å²) < 4.78 is 5.27. The molecule has 0 fully saturated rings. The molecule has 6 nitrogen and oxygen atoms in total. The van der Waals surface area contributed by atoms with Crippen molar-refractivity contribution in [3.63, 3.8) is 0 Å². The molecule has 0 atom stereocenters. The molecule has 0 aliphatic heterocycles. The molecule has 1 heterocycles. The van der Waals surface area contributed by atoms with Gasteiger partial charge in [0.25, 0.3) is 0 Å². The lowest BCUT2D eigenvalue weighted by Gasteiger charge is -2.10. The summed E-state index contributed by atoms with van der Waals surface area (Å²) in [5.74, 6) is 1.61. The Morgan fingerprint density at radius 1 is 0.963 bits per heavy atom. The number of hydrogen-bond donors (Lipinski definition) is 2. The Hall–Kier alpha value is -1.84. The normalized spacial score (nSPS) is 11.0. The zero-order valence-corrected chi connectivity index (χ0v) is 18.3. The van der Waals surface area contributed by atoms with E-state index < -0.39 is 0 Å². The van der Waals surface area contributed by atoms with Gasteiger partial charge in [0.05, 0.1) is 6.54 Å². The summed E-state index contributed by atoms with van der Waals surface area (Å²) >= 11 is 11.8. The molecule has 0 bridgehead atoms. The van der Waals surface area contributed by atoms with Gasteiger partial charge in [0.1, 0.15) is 0 Å². The Morgan fingerprint density at radius 2 is 1.56 bits per heavy atom. The van der Waals surface area contributed by atoms with E-state index in [2.05, 4.69) is 25.8 Å². The van der Waals surface area contributed by atoms with E-state index in [0.717, 1.165) is 11.1 Å². The number of nitrogens with one attached hydrogen (secondary N) is 2. The molecule has 142 valence electrons. The SMILES string of the molecule is CN=C(NCc1ccc(Cl)cc1)NCc1nc(-c2ccc(Cl)cc2)no1.I. The standard InChI is InChI=1S/C18H17Cl2N5O.HI/c1-21-18(22-10-12-2-6-14(19)7-3-12)23-11-16-24-17(25-26-16)13-4-8-15(20)9-5-13;/h2-9H,10-11H2,1H3,(H2,21,22,23);1H. The van der Waals surface area contributed by atoms with Crippen molar-refractivity contribution in [2.45, 2.75) is 13.1 Å². The summed E-state index contributed by atoms with van der Waals surface area (Å²) in [6.45, 7) is 0.984. The van der Waals surface area contributed by atoms with Gasteiger partial charge in [0.2, 0.25) is 11.7 Å². The zero-order chi connectivity index (χ0) is 18.4.